The minimum Gasteiger partial charge on any atom is -0.460 e. The van der Waals surface area contributed by atoms with Crippen LogP contribution in [0.3, 0.4) is 0 Å². The molecule has 34 heteroatoms. The van der Waals surface area contributed by atoms with E-state index < -0.39 is 95.9 Å². The molecule has 6 N–H and O–H groups in total. The first-order chi connectivity index (χ1) is 64.6. The summed E-state index contributed by atoms with van der Waals surface area (Å²) in [5, 5.41) is 29.2. The number of carbonyl (C=O) groups excluding carboxylic acids is 8. The first kappa shape index (κ1) is 109. The lowest BCUT2D eigenvalue weighted by Gasteiger charge is -2.42. The molecule has 2 bridgehead atoms. The van der Waals surface area contributed by atoms with Gasteiger partial charge in [-0.15, -0.1) is 0 Å². The highest BCUT2D eigenvalue weighted by molar-refractivity contribution is 6.39. The van der Waals surface area contributed by atoms with Crippen molar-refractivity contribution >= 4 is 80.9 Å². The number of carbonyl (C=O) groups is 8. The van der Waals surface area contributed by atoms with Crippen molar-refractivity contribution in [2.45, 2.75) is 252 Å². The van der Waals surface area contributed by atoms with Crippen LogP contribution in [0.25, 0.3) is 33.4 Å². The molecule has 4 aliphatic heterocycles. The van der Waals surface area contributed by atoms with Gasteiger partial charge in [-0.05, 0) is 168 Å². The highest BCUT2D eigenvalue weighted by Gasteiger charge is 2.53. The summed E-state index contributed by atoms with van der Waals surface area (Å²) >= 11 is 0. The predicted octanol–water partition coefficient (Wildman–Crippen LogP) is 11.5. The molecule has 2 saturated heterocycles. The molecule has 1 aliphatic carbocycles. The van der Waals surface area contributed by atoms with Gasteiger partial charge in [0.05, 0.1) is 123 Å². The van der Waals surface area contributed by atoms with Gasteiger partial charge in [-0.2, -0.15) is 10.1 Å². The lowest BCUT2D eigenvalue weighted by atomic mass is 9.78. The number of fused-ring (bicyclic) bond motifs is 6. The summed E-state index contributed by atoms with van der Waals surface area (Å²) in [6, 6.07) is 10.8. The number of nitrogens with zero attached hydrogens (tertiary/aromatic N) is 7. The molecule has 0 radical (unpaired) electrons. The molecule has 1 saturated carbocycles. The first-order valence-corrected chi connectivity index (χ1v) is 47.9. The number of piperidine rings is 1. The number of benzene rings is 2. The Kier molecular flexibility index (Phi) is 45.9. The number of anilines is 2. The number of oxazole rings is 1. The van der Waals surface area contributed by atoms with Crippen LogP contribution >= 0.6 is 0 Å². The Bertz CT molecular complexity index is 4680. The third kappa shape index (κ3) is 33.2. The van der Waals surface area contributed by atoms with E-state index in [1.165, 1.54) is 23.9 Å². The molecule has 10 rings (SSSR count). The van der Waals surface area contributed by atoms with Crippen LogP contribution in [0.15, 0.2) is 94.7 Å². The maximum absolute atomic E-state index is 14.6. The molecular weight excluding hydrogens is 1730 g/mol. The van der Waals surface area contributed by atoms with Crippen LogP contribution in [0, 0.1) is 35.5 Å². The van der Waals surface area contributed by atoms with E-state index in [0.29, 0.717) is 254 Å². The molecule has 0 spiro atoms. The van der Waals surface area contributed by atoms with Crippen molar-refractivity contribution in [1.82, 2.24) is 34.5 Å². The molecule has 2 aromatic carbocycles. The van der Waals surface area contributed by atoms with Gasteiger partial charge in [0.1, 0.15) is 65.4 Å². The fraction of sp³-hybridized carbons (Fsp3) is 0.660. The minimum absolute atomic E-state index is 0.00156. The van der Waals surface area contributed by atoms with Gasteiger partial charge in [-0.1, -0.05) is 96.2 Å². The molecule has 5 aliphatic rings. The summed E-state index contributed by atoms with van der Waals surface area (Å²) in [5.74, 6) is -8.05. The van der Waals surface area contributed by atoms with Crippen molar-refractivity contribution in [3.63, 3.8) is 0 Å². The highest BCUT2D eigenvalue weighted by atomic mass is 16.6. The Hall–Kier alpha value is -8.98. The monoisotopic (exact) mass is 1870 g/mol. The van der Waals surface area contributed by atoms with Crippen LogP contribution in [-0.4, -0.2) is 286 Å². The van der Waals surface area contributed by atoms with E-state index in [-0.39, 0.29) is 72.9 Å². The van der Waals surface area contributed by atoms with Crippen molar-refractivity contribution in [2.24, 2.45) is 35.5 Å². The van der Waals surface area contributed by atoms with E-state index in [2.05, 4.69) is 33.2 Å². The van der Waals surface area contributed by atoms with E-state index in [4.69, 9.17) is 87.3 Å². The van der Waals surface area contributed by atoms with Gasteiger partial charge in [0.2, 0.25) is 11.7 Å². The first-order valence-electron chi connectivity index (χ1n) is 47.9. The van der Waals surface area contributed by atoms with Crippen LogP contribution in [0.2, 0.25) is 0 Å². The van der Waals surface area contributed by atoms with Crippen molar-refractivity contribution in [1.29, 1.82) is 0 Å². The Morgan fingerprint density at radius 1 is 0.687 bits per heavy atom. The summed E-state index contributed by atoms with van der Waals surface area (Å²) < 4.78 is 87.1. The smallest absolute Gasteiger partial charge is 0.329 e. The average Bonchev–Trinajstić information content (AvgIpc) is 1.51. The van der Waals surface area contributed by atoms with Gasteiger partial charge >= 0.3 is 11.9 Å². The summed E-state index contributed by atoms with van der Waals surface area (Å²) in [7, 11) is 4.53. The Balaban J connectivity index is 0.000000331. The van der Waals surface area contributed by atoms with Crippen LogP contribution in [-0.2, 0) is 124 Å². The number of ether oxygens (including phenoxy) is 14. The predicted molar refractivity (Wildman–Crippen MR) is 501 cm³/mol. The third-order valence-electron chi connectivity index (χ3n) is 25.6. The second-order valence-corrected chi connectivity index (χ2v) is 35.8. The fourth-order valence-electron chi connectivity index (χ4n) is 17.7. The second kappa shape index (κ2) is 56.7. The molecule has 134 heavy (non-hydrogen) atoms. The molecule has 15 atom stereocenters. The molecule has 34 nitrogen and oxygen atoms in total. The number of Topliss-reactive ketones (excluding diaryl/α,β-unsaturated/α-hetero) is 4. The Labute approximate surface area is 788 Å². The van der Waals surface area contributed by atoms with E-state index >= 15 is 0 Å². The lowest BCUT2D eigenvalue weighted by Crippen LogP contribution is -2.61. The molecule has 5 aromatic rings. The summed E-state index contributed by atoms with van der Waals surface area (Å²) in [5.41, 5.74) is 20.0. The van der Waals surface area contributed by atoms with Gasteiger partial charge < -0.3 is 102 Å². The molecular formula is C100H147N9O25. The van der Waals surface area contributed by atoms with E-state index in [0.717, 1.165) is 35.1 Å². The zero-order chi connectivity index (χ0) is 96.6. The number of aliphatic hydroxyl groups is 2. The van der Waals surface area contributed by atoms with Gasteiger partial charge in [-0.3, -0.25) is 33.6 Å². The molecule has 7 heterocycles. The molecule has 3 fully saturated rings. The Morgan fingerprint density at radius 3 is 2.04 bits per heavy atom. The molecule has 2 amide bonds. The summed E-state index contributed by atoms with van der Waals surface area (Å²) in [4.78, 5) is 125. The minimum atomic E-state index is -2.46. The normalized spacial score (nSPS) is 26.1. The number of cyclic esters (lactones) is 1. The number of esters is 2. The van der Waals surface area contributed by atoms with Gasteiger partial charge in [0.15, 0.2) is 17.0 Å². The molecule has 742 valence electrons. The van der Waals surface area contributed by atoms with E-state index in [9.17, 15) is 48.6 Å². The fourth-order valence-corrected chi connectivity index (χ4v) is 17.7. The Morgan fingerprint density at radius 2 is 1.37 bits per heavy atom. The average molecular weight is 1880 g/mol. The number of nitrogens with two attached hydrogens (primary N) is 2. The number of aromatic nitrogens is 5. The lowest BCUT2D eigenvalue weighted by molar-refractivity contribution is -0.265. The summed E-state index contributed by atoms with van der Waals surface area (Å²) in [6.45, 7) is 25.7. The number of hydrogen-bond acceptors (Lipinski definition) is 31. The number of aliphatic hydroxyl groups excluding tert-OH is 1. The third-order valence-corrected chi connectivity index (χ3v) is 25.6. The largest absolute Gasteiger partial charge is 0.460 e. The standard InChI is InChI=1S/C63H101NO18.C37H46N8O7/c1-12-76-29-30-78-33-34-79-32-31-77-28-18-22-56(66)80-52-26-24-48(38-55(52)74-10)37-44(5)54-40-51(65)43(4)36-46(7)58(68)59(75-11)57(67)45(6)35-41(2)19-14-13-15-20-42(3)53(73-9)39-49-25-23-47(8)63(72,82-49)60(69)61(70)64-27-17-16-21-50(64)62(71)81-54;1-2-29(46)4-3-12-48-14-16-50-18-19-51-17-15-49-13-10-32(47)44-11-9-26-20-25(5-6-28(26)23-44)22-45-36-33(35(38)40-24-41-36)34(43-45)27-7-8-31-30(21-27)42-37(39)52-31/h13-15,19-20,36,41,43-45,47-50,52-55,58-59,68,72H,12,16-18,21-35,37-40H2,1-11H3;5-8,20-21,24H,2-4,9-19,22-23H2,1H3,(H2,39,42)(H2,38,40,41)/b15-13+,19-14+,42-20+,46-36+;/t41-,43-,44-,45-,47-,48+,49+,50+,52-,53+,54+,55-,58-,59+,63-;/m1./s1. The zero-order valence-electron chi connectivity index (χ0n) is 80.7. The maximum Gasteiger partial charge on any atom is 0.329 e. The van der Waals surface area contributed by atoms with Crippen molar-refractivity contribution in [2.75, 3.05) is 152 Å². The van der Waals surface area contributed by atoms with Crippen LogP contribution in [0.4, 0.5) is 11.8 Å². The quantitative estimate of drug-likeness (QED) is 0.0122. The van der Waals surface area contributed by atoms with E-state index in [1.807, 2.05) is 93.6 Å². The number of rotatable bonds is 41. The van der Waals surface area contributed by atoms with Crippen molar-refractivity contribution in [3.8, 4) is 11.3 Å². The van der Waals surface area contributed by atoms with E-state index in [1.54, 1.807) is 47.1 Å². The second-order valence-electron chi connectivity index (χ2n) is 35.8. The topological polar surface area (TPSA) is 434 Å². The van der Waals surface area contributed by atoms with Crippen LogP contribution < -0.4 is 11.5 Å². The SMILES string of the molecule is CCC(=O)CCCOCCOCCOCCOCCC(=O)N1CCc2cc(Cn3nc(-c4ccc5oc(N)nc5c4)c4c(N)ncnc43)ccc2C1.CCOCCOCCOCCOCCCC(=O)O[C@@H]1CC[C@@H](C[C@@H](C)[C@@H]2CC(=O)[C@H](C)/C=C(\C)[C@@H](O)[C@@H](OC)C(=O)[C@H](C)C[C@H](C)/C=C/C=C/C=C(\C)[C@@H](OC)C[C@@H]3CC[C@@H](C)[C@@](O)(O3)C(=O)C(=O)N3CCCC[C@H]3C(=O)O2)C[C@H]1OC. The van der Waals surface area contributed by atoms with Crippen LogP contribution in [0.1, 0.15) is 195 Å². The number of ketones is 4. The van der Waals surface area contributed by atoms with Gasteiger partial charge in [0.25, 0.3) is 17.7 Å². The number of methoxy groups -OCH3 is 3. The summed E-state index contributed by atoms with van der Waals surface area (Å²) in [6.07, 6.45) is 15.7. The molecule has 3 aromatic heterocycles. The van der Waals surface area contributed by atoms with Gasteiger partial charge in [-0.25, -0.2) is 19.4 Å². The zero-order valence-corrected chi connectivity index (χ0v) is 80.7. The van der Waals surface area contributed by atoms with Gasteiger partial charge in [0, 0.05) is 116 Å². The maximum atomic E-state index is 14.6. The molecule has 0 unspecified atom stereocenters. The van der Waals surface area contributed by atoms with Crippen LogP contribution in [0.5, 0.6) is 0 Å². The number of amides is 2. The van der Waals surface area contributed by atoms with Crippen molar-refractivity contribution in [3.05, 3.63) is 107 Å². The van der Waals surface area contributed by atoms with Crippen molar-refractivity contribution < 1.29 is 119 Å². The number of allylic oxidation sites excluding steroid dienone is 6. The number of nitrogen functional groups attached to an aromatic ring is 2. The highest BCUT2D eigenvalue weighted by Crippen LogP contribution is 2.40. The number of hydrogen-bond donors (Lipinski definition) is 4.